The Bertz CT molecular complexity index is 134. The first-order chi connectivity index (χ1) is 6.86. The normalized spacial score (nSPS) is 17.4. The molecule has 0 radical (unpaired) electrons. The topological polar surface area (TPSA) is 27.3 Å². The summed E-state index contributed by atoms with van der Waals surface area (Å²) in [5.74, 6) is 0. The van der Waals surface area contributed by atoms with E-state index in [9.17, 15) is 0 Å². The van der Waals surface area contributed by atoms with Crippen LogP contribution in [-0.2, 0) is 0 Å². The molecular formula is C11H25N3. The van der Waals surface area contributed by atoms with Gasteiger partial charge in [0.25, 0.3) is 0 Å². The quantitative estimate of drug-likeness (QED) is 0.602. The molecule has 0 aromatic heterocycles. The predicted octanol–water partition coefficient (Wildman–Crippen LogP) is 0.670. The maximum Gasteiger partial charge on any atom is 0.0107 e. The first-order valence-electron chi connectivity index (χ1n) is 5.97. The van der Waals surface area contributed by atoms with Crippen molar-refractivity contribution in [3.8, 4) is 0 Å². The van der Waals surface area contributed by atoms with Crippen molar-refractivity contribution in [2.75, 3.05) is 39.8 Å². The fourth-order valence-corrected chi connectivity index (χ4v) is 1.74. The molecule has 3 nitrogen and oxygen atoms in total. The van der Waals surface area contributed by atoms with Crippen molar-refractivity contribution >= 4 is 0 Å². The Morgan fingerprint density at radius 1 is 1.21 bits per heavy atom. The van der Waals surface area contributed by atoms with Crippen LogP contribution in [0.5, 0.6) is 0 Å². The zero-order valence-corrected chi connectivity index (χ0v) is 9.68. The zero-order chi connectivity index (χ0) is 10.2. The minimum absolute atomic E-state index is 0.831. The average molecular weight is 199 g/mol. The molecule has 14 heavy (non-hydrogen) atoms. The van der Waals surface area contributed by atoms with Crippen molar-refractivity contribution in [2.45, 2.75) is 32.2 Å². The van der Waals surface area contributed by atoms with Gasteiger partial charge < -0.3 is 15.5 Å². The summed E-state index contributed by atoms with van der Waals surface area (Å²) in [5.41, 5.74) is 0. The molecule has 1 aliphatic carbocycles. The van der Waals surface area contributed by atoms with Gasteiger partial charge in [-0.2, -0.15) is 0 Å². The molecule has 0 heterocycles. The van der Waals surface area contributed by atoms with E-state index in [4.69, 9.17) is 0 Å². The van der Waals surface area contributed by atoms with Crippen LogP contribution in [0, 0.1) is 0 Å². The Morgan fingerprint density at radius 2 is 1.93 bits per heavy atom. The average Bonchev–Trinajstić information content (AvgIpc) is 2.14. The molecule has 2 N–H and O–H groups in total. The van der Waals surface area contributed by atoms with Crippen molar-refractivity contribution in [1.29, 1.82) is 0 Å². The zero-order valence-electron chi connectivity index (χ0n) is 9.68. The van der Waals surface area contributed by atoms with Gasteiger partial charge in [-0.15, -0.1) is 0 Å². The van der Waals surface area contributed by atoms with E-state index in [2.05, 4.69) is 22.5 Å². The Kier molecular flexibility index (Phi) is 6.15. The summed E-state index contributed by atoms with van der Waals surface area (Å²) in [6.07, 6.45) is 4.21. The number of nitrogens with one attached hydrogen (secondary N) is 2. The highest BCUT2D eigenvalue weighted by Gasteiger charge is 2.15. The second kappa shape index (κ2) is 7.21. The minimum atomic E-state index is 0.831. The van der Waals surface area contributed by atoms with Crippen LogP contribution < -0.4 is 10.6 Å². The molecule has 0 amide bonds. The Hall–Kier alpha value is -0.120. The van der Waals surface area contributed by atoms with E-state index in [0.717, 1.165) is 25.7 Å². The number of hydrogen-bond acceptors (Lipinski definition) is 3. The second-order valence-corrected chi connectivity index (χ2v) is 4.12. The van der Waals surface area contributed by atoms with Gasteiger partial charge in [0.05, 0.1) is 0 Å². The van der Waals surface area contributed by atoms with Gasteiger partial charge >= 0.3 is 0 Å². The second-order valence-electron chi connectivity index (χ2n) is 4.12. The maximum atomic E-state index is 3.60. The first-order valence-corrected chi connectivity index (χ1v) is 5.97. The van der Waals surface area contributed by atoms with Gasteiger partial charge in [0.15, 0.2) is 0 Å². The standard InChI is InChI=1S/C11H25N3/c1-3-14(9-7-12-2)10-8-13-11-5-4-6-11/h11-13H,3-10H2,1-2H3. The molecule has 0 saturated heterocycles. The Labute approximate surface area is 88.2 Å². The lowest BCUT2D eigenvalue weighted by atomic mass is 9.93. The van der Waals surface area contributed by atoms with Crippen LogP contribution in [0.1, 0.15) is 26.2 Å². The minimum Gasteiger partial charge on any atom is -0.318 e. The van der Waals surface area contributed by atoms with E-state index < -0.39 is 0 Å². The smallest absolute Gasteiger partial charge is 0.0107 e. The number of nitrogens with zero attached hydrogens (tertiary/aromatic N) is 1. The van der Waals surface area contributed by atoms with Crippen LogP contribution in [0.4, 0.5) is 0 Å². The summed E-state index contributed by atoms with van der Waals surface area (Å²) in [5, 5.41) is 6.79. The monoisotopic (exact) mass is 199 g/mol. The first kappa shape index (κ1) is 12.0. The number of likely N-dealkylation sites (N-methyl/N-ethyl adjacent to an activating group) is 2. The lowest BCUT2D eigenvalue weighted by Crippen LogP contribution is -2.41. The molecule has 84 valence electrons. The van der Waals surface area contributed by atoms with E-state index in [1.807, 2.05) is 7.05 Å². The van der Waals surface area contributed by atoms with Crippen LogP contribution in [0.3, 0.4) is 0 Å². The highest BCUT2D eigenvalue weighted by atomic mass is 15.1. The van der Waals surface area contributed by atoms with Crippen molar-refractivity contribution in [3.05, 3.63) is 0 Å². The van der Waals surface area contributed by atoms with Gasteiger partial charge in [0.2, 0.25) is 0 Å². The van der Waals surface area contributed by atoms with E-state index >= 15 is 0 Å². The maximum absolute atomic E-state index is 3.60. The van der Waals surface area contributed by atoms with Crippen LogP contribution in [0.2, 0.25) is 0 Å². The molecule has 1 saturated carbocycles. The van der Waals surface area contributed by atoms with Crippen molar-refractivity contribution in [2.24, 2.45) is 0 Å². The van der Waals surface area contributed by atoms with E-state index in [-0.39, 0.29) is 0 Å². The Balaban J connectivity index is 1.95. The molecule has 1 aliphatic rings. The number of hydrogen-bond donors (Lipinski definition) is 2. The summed E-state index contributed by atoms with van der Waals surface area (Å²) in [6, 6.07) is 0.831. The van der Waals surface area contributed by atoms with Crippen LogP contribution >= 0.6 is 0 Å². The van der Waals surface area contributed by atoms with Gasteiger partial charge in [-0.05, 0) is 26.4 Å². The molecule has 0 aliphatic heterocycles. The third kappa shape index (κ3) is 4.40. The summed E-state index contributed by atoms with van der Waals surface area (Å²) in [7, 11) is 2.01. The van der Waals surface area contributed by atoms with Gasteiger partial charge in [0.1, 0.15) is 0 Å². The van der Waals surface area contributed by atoms with Crippen LogP contribution in [0.15, 0.2) is 0 Å². The number of rotatable bonds is 8. The molecular weight excluding hydrogens is 174 g/mol. The molecule has 1 rings (SSSR count). The molecule has 0 spiro atoms. The molecule has 0 aromatic carbocycles. The lowest BCUT2D eigenvalue weighted by molar-refractivity contribution is 0.265. The van der Waals surface area contributed by atoms with Crippen molar-refractivity contribution < 1.29 is 0 Å². The van der Waals surface area contributed by atoms with Gasteiger partial charge in [0, 0.05) is 32.2 Å². The third-order valence-electron chi connectivity index (χ3n) is 3.09. The predicted molar refractivity (Wildman–Crippen MR) is 61.7 cm³/mol. The van der Waals surface area contributed by atoms with E-state index in [0.29, 0.717) is 0 Å². The highest BCUT2D eigenvalue weighted by Crippen LogP contribution is 2.17. The van der Waals surface area contributed by atoms with E-state index in [1.54, 1.807) is 0 Å². The Morgan fingerprint density at radius 3 is 2.43 bits per heavy atom. The van der Waals surface area contributed by atoms with Crippen molar-refractivity contribution in [3.63, 3.8) is 0 Å². The lowest BCUT2D eigenvalue weighted by Gasteiger charge is -2.28. The fourth-order valence-electron chi connectivity index (χ4n) is 1.74. The summed E-state index contributed by atoms with van der Waals surface area (Å²) < 4.78 is 0. The molecule has 0 atom stereocenters. The van der Waals surface area contributed by atoms with Crippen molar-refractivity contribution in [1.82, 2.24) is 15.5 Å². The highest BCUT2D eigenvalue weighted by molar-refractivity contribution is 4.76. The summed E-state index contributed by atoms with van der Waals surface area (Å²) >= 11 is 0. The third-order valence-corrected chi connectivity index (χ3v) is 3.09. The SMILES string of the molecule is CCN(CCNC)CCNC1CCC1. The van der Waals surface area contributed by atoms with Gasteiger partial charge in [-0.3, -0.25) is 0 Å². The van der Waals surface area contributed by atoms with Crippen LogP contribution in [0.25, 0.3) is 0 Å². The summed E-state index contributed by atoms with van der Waals surface area (Å²) in [6.45, 7) is 8.00. The fraction of sp³-hybridized carbons (Fsp3) is 1.00. The summed E-state index contributed by atoms with van der Waals surface area (Å²) in [4.78, 5) is 2.49. The molecule has 0 aromatic rings. The molecule has 0 unspecified atom stereocenters. The van der Waals surface area contributed by atoms with Gasteiger partial charge in [-0.1, -0.05) is 13.3 Å². The molecule has 0 bridgehead atoms. The largest absolute Gasteiger partial charge is 0.318 e. The van der Waals surface area contributed by atoms with Crippen LogP contribution in [-0.4, -0.2) is 50.7 Å². The molecule has 1 fully saturated rings. The van der Waals surface area contributed by atoms with Gasteiger partial charge in [-0.25, -0.2) is 0 Å². The van der Waals surface area contributed by atoms with E-state index in [1.165, 1.54) is 32.4 Å². The molecule has 3 heteroatoms.